The maximum atomic E-state index is 3.95. The first-order valence-electron chi connectivity index (χ1n) is 6.71. The molecule has 1 aliphatic rings. The zero-order valence-electron chi connectivity index (χ0n) is 10.8. The quantitative estimate of drug-likeness (QED) is 0.818. The fourth-order valence-corrected chi connectivity index (χ4v) is 3.63. The third kappa shape index (κ3) is 3.36. The van der Waals surface area contributed by atoms with Gasteiger partial charge in [0.15, 0.2) is 0 Å². The maximum absolute atomic E-state index is 3.95. The van der Waals surface area contributed by atoms with E-state index in [4.69, 9.17) is 0 Å². The molecule has 1 unspecified atom stereocenters. The monoisotopic (exact) mass is 274 g/mol. The molecule has 3 rings (SSSR count). The van der Waals surface area contributed by atoms with Gasteiger partial charge in [0.05, 0.1) is 6.20 Å². The van der Waals surface area contributed by atoms with Crippen molar-refractivity contribution in [3.8, 4) is 0 Å². The Kier molecular flexibility index (Phi) is 4.15. The highest BCUT2D eigenvalue weighted by atomic mass is 32.2. The number of hydrogen-bond acceptors (Lipinski definition) is 4. The Labute approximate surface area is 117 Å². The second-order valence-electron chi connectivity index (χ2n) is 4.78. The molecule has 0 spiro atoms. The molecule has 0 bridgehead atoms. The summed E-state index contributed by atoms with van der Waals surface area (Å²) in [5.74, 6) is 0. The lowest BCUT2D eigenvalue weighted by molar-refractivity contribution is 0.529. The van der Waals surface area contributed by atoms with Crippen LogP contribution in [0.1, 0.15) is 12.0 Å². The molecule has 19 heavy (non-hydrogen) atoms. The van der Waals surface area contributed by atoms with Gasteiger partial charge in [-0.25, -0.2) is 0 Å². The van der Waals surface area contributed by atoms with E-state index in [2.05, 4.69) is 39.9 Å². The van der Waals surface area contributed by atoms with Crippen LogP contribution in [0, 0.1) is 0 Å². The third-order valence-electron chi connectivity index (χ3n) is 3.30. The predicted molar refractivity (Wildman–Crippen MR) is 77.3 cm³/mol. The van der Waals surface area contributed by atoms with Crippen molar-refractivity contribution < 1.29 is 0 Å². The Morgan fingerprint density at radius 3 is 3.16 bits per heavy atom. The lowest BCUT2D eigenvalue weighted by Gasteiger charge is -2.09. The zero-order valence-corrected chi connectivity index (χ0v) is 11.6. The molecule has 0 aliphatic carbocycles. The molecule has 1 aromatic heterocycles. The van der Waals surface area contributed by atoms with Crippen molar-refractivity contribution in [1.82, 2.24) is 20.3 Å². The smallest absolute Gasteiger partial charge is 0.0692 e. The molecule has 100 valence electrons. The number of thioether (sulfide) groups is 1. The molecule has 1 aromatic carbocycles. The van der Waals surface area contributed by atoms with Crippen molar-refractivity contribution in [1.29, 1.82) is 0 Å². The minimum Gasteiger partial charge on any atom is -0.316 e. The van der Waals surface area contributed by atoms with Gasteiger partial charge in [-0.1, -0.05) is 23.4 Å². The third-order valence-corrected chi connectivity index (χ3v) is 4.62. The number of benzene rings is 1. The molecule has 1 aliphatic heterocycles. The van der Waals surface area contributed by atoms with E-state index in [0.29, 0.717) is 5.25 Å². The van der Waals surface area contributed by atoms with Gasteiger partial charge in [-0.3, -0.25) is 4.68 Å². The van der Waals surface area contributed by atoms with Crippen molar-refractivity contribution in [3.63, 3.8) is 0 Å². The van der Waals surface area contributed by atoms with Crippen molar-refractivity contribution in [2.75, 3.05) is 13.1 Å². The van der Waals surface area contributed by atoms with Crippen LogP contribution >= 0.6 is 11.8 Å². The molecule has 4 nitrogen and oxygen atoms in total. The molecule has 0 amide bonds. The van der Waals surface area contributed by atoms with E-state index in [-0.39, 0.29) is 0 Å². The van der Waals surface area contributed by atoms with E-state index in [1.54, 1.807) is 6.20 Å². The molecule has 1 N–H and O–H groups in total. The van der Waals surface area contributed by atoms with E-state index >= 15 is 0 Å². The molecule has 0 radical (unpaired) electrons. The van der Waals surface area contributed by atoms with Gasteiger partial charge in [-0.05, 0) is 31.0 Å². The van der Waals surface area contributed by atoms with Crippen LogP contribution in [0.2, 0.25) is 0 Å². The van der Waals surface area contributed by atoms with E-state index in [9.17, 15) is 0 Å². The number of aryl methyl sites for hydroxylation is 1. The lowest BCUT2D eigenvalue weighted by atomic mass is 10.1. The minimum atomic E-state index is 0.684. The Morgan fingerprint density at radius 2 is 2.32 bits per heavy atom. The topological polar surface area (TPSA) is 42.7 Å². The fraction of sp³-hybridized carbons (Fsp3) is 0.429. The van der Waals surface area contributed by atoms with E-state index in [0.717, 1.165) is 26.1 Å². The number of rotatable bonds is 6. The number of hydrogen-bond donors (Lipinski definition) is 1. The predicted octanol–water partition coefficient (Wildman–Crippen LogP) is 1.97. The Balaban J connectivity index is 1.34. The molecule has 0 saturated carbocycles. The first kappa shape index (κ1) is 12.7. The highest BCUT2D eigenvalue weighted by Gasteiger charge is 2.20. The SMILES string of the molecule is c1ccc2c(c1)CC(CNCCCn1ccnn1)S2. The summed E-state index contributed by atoms with van der Waals surface area (Å²) in [6, 6.07) is 8.73. The van der Waals surface area contributed by atoms with Crippen LogP contribution < -0.4 is 5.32 Å². The Bertz CT molecular complexity index is 487. The largest absolute Gasteiger partial charge is 0.316 e. The second kappa shape index (κ2) is 6.21. The summed E-state index contributed by atoms with van der Waals surface area (Å²) in [5.41, 5.74) is 1.50. The van der Waals surface area contributed by atoms with Crippen LogP contribution in [-0.2, 0) is 13.0 Å². The average molecular weight is 274 g/mol. The highest BCUT2D eigenvalue weighted by Crippen LogP contribution is 2.36. The van der Waals surface area contributed by atoms with Gasteiger partial charge in [0.25, 0.3) is 0 Å². The summed E-state index contributed by atoms with van der Waals surface area (Å²) in [5, 5.41) is 12.0. The summed E-state index contributed by atoms with van der Waals surface area (Å²) in [6.07, 6.45) is 5.91. The van der Waals surface area contributed by atoms with Crippen molar-refractivity contribution in [3.05, 3.63) is 42.2 Å². The van der Waals surface area contributed by atoms with Gasteiger partial charge in [0.1, 0.15) is 0 Å². The summed E-state index contributed by atoms with van der Waals surface area (Å²) >= 11 is 2.00. The maximum Gasteiger partial charge on any atom is 0.0692 e. The van der Waals surface area contributed by atoms with Crippen LogP contribution in [0.3, 0.4) is 0 Å². The van der Waals surface area contributed by atoms with Crippen molar-refractivity contribution in [2.24, 2.45) is 0 Å². The lowest BCUT2D eigenvalue weighted by Crippen LogP contribution is -2.26. The molecule has 2 aromatic rings. The van der Waals surface area contributed by atoms with Crippen molar-refractivity contribution in [2.45, 2.75) is 29.5 Å². The first-order chi connectivity index (χ1) is 9.42. The molecule has 5 heteroatoms. The molecule has 0 saturated heterocycles. The zero-order chi connectivity index (χ0) is 12.9. The van der Waals surface area contributed by atoms with Gasteiger partial charge in [0, 0.05) is 29.4 Å². The van der Waals surface area contributed by atoms with Crippen LogP contribution in [0.4, 0.5) is 0 Å². The van der Waals surface area contributed by atoms with Crippen LogP contribution in [0.15, 0.2) is 41.6 Å². The van der Waals surface area contributed by atoms with E-state index < -0.39 is 0 Å². The van der Waals surface area contributed by atoms with E-state index in [1.165, 1.54) is 16.9 Å². The Hall–Kier alpha value is -1.33. The van der Waals surface area contributed by atoms with Crippen LogP contribution in [0.25, 0.3) is 0 Å². The molecular formula is C14H18N4S. The van der Waals surface area contributed by atoms with Gasteiger partial charge < -0.3 is 5.32 Å². The Morgan fingerprint density at radius 1 is 1.37 bits per heavy atom. The van der Waals surface area contributed by atoms with Crippen LogP contribution in [-0.4, -0.2) is 33.3 Å². The van der Waals surface area contributed by atoms with Gasteiger partial charge in [0.2, 0.25) is 0 Å². The van der Waals surface area contributed by atoms with E-state index in [1.807, 2.05) is 22.6 Å². The standard InChI is InChI=1S/C14H18N4S/c1-2-5-14-12(4-1)10-13(19-14)11-15-6-3-8-18-9-7-16-17-18/h1-2,4-5,7,9,13,15H,3,6,8,10-11H2. The summed E-state index contributed by atoms with van der Waals surface area (Å²) in [6.45, 7) is 3.05. The van der Waals surface area contributed by atoms with Crippen molar-refractivity contribution >= 4 is 11.8 Å². The first-order valence-corrected chi connectivity index (χ1v) is 7.59. The summed E-state index contributed by atoms with van der Waals surface area (Å²) < 4.78 is 1.88. The molecule has 1 atom stereocenters. The molecule has 2 heterocycles. The number of aromatic nitrogens is 3. The number of nitrogens with one attached hydrogen (secondary N) is 1. The second-order valence-corrected chi connectivity index (χ2v) is 6.12. The molecular weight excluding hydrogens is 256 g/mol. The average Bonchev–Trinajstić information content (AvgIpc) is 3.06. The fourth-order valence-electron chi connectivity index (χ4n) is 2.35. The summed E-state index contributed by atoms with van der Waals surface area (Å²) in [7, 11) is 0. The molecule has 0 fully saturated rings. The van der Waals surface area contributed by atoms with Crippen LogP contribution in [0.5, 0.6) is 0 Å². The number of nitrogens with zero attached hydrogens (tertiary/aromatic N) is 3. The van der Waals surface area contributed by atoms with Gasteiger partial charge in [-0.2, -0.15) is 0 Å². The van der Waals surface area contributed by atoms with Gasteiger partial charge >= 0.3 is 0 Å². The normalized spacial score (nSPS) is 17.6. The highest BCUT2D eigenvalue weighted by molar-refractivity contribution is 8.00. The number of fused-ring (bicyclic) bond motifs is 1. The van der Waals surface area contributed by atoms with Gasteiger partial charge in [-0.15, -0.1) is 16.9 Å². The minimum absolute atomic E-state index is 0.684. The summed E-state index contributed by atoms with van der Waals surface area (Å²) in [4.78, 5) is 1.46.